The van der Waals surface area contributed by atoms with Gasteiger partial charge in [-0.3, -0.25) is 4.79 Å². The van der Waals surface area contributed by atoms with Crippen LogP contribution in [0.2, 0.25) is 0 Å². The van der Waals surface area contributed by atoms with Crippen molar-refractivity contribution in [2.45, 2.75) is 279 Å². The Kier molecular flexibility index (Phi) is 37.9. The van der Waals surface area contributed by atoms with E-state index in [-0.39, 0.29) is 18.9 Å². The Bertz CT molecular complexity index is 1660. The predicted molar refractivity (Wildman–Crippen MR) is 295 cm³/mol. The first-order valence-corrected chi connectivity index (χ1v) is 29.5. The summed E-state index contributed by atoms with van der Waals surface area (Å²) in [6, 6.07) is -0.919. The molecule has 3 rings (SSSR count). The average molecular weight is 1110 g/mol. The number of unbranched alkanes of at least 4 members (excludes halogenated alkanes) is 16. The first-order valence-electron chi connectivity index (χ1n) is 29.5. The summed E-state index contributed by atoms with van der Waals surface area (Å²) < 4.78 is 34.2. The SMILES string of the molecule is CC/C=C\C/C=C\C/C=C\C/C=C\C/C=C\CCCC(=O)NC(COC1OC(CO)C(OC2OC(CO)C(OC3OC(CO)C(O)C(O)C3O)C(O)C2O)C(O)C1O)C(O)CCCCCCCCCCCCCCCCCC. The third-order valence-corrected chi connectivity index (χ3v) is 14.6. The Balaban J connectivity index is 1.53. The summed E-state index contributed by atoms with van der Waals surface area (Å²) >= 11 is 0. The summed E-state index contributed by atoms with van der Waals surface area (Å²) in [4.78, 5) is 13.3. The average Bonchev–Trinajstić information content (AvgIpc) is 3.45. The highest BCUT2D eigenvalue weighted by Crippen LogP contribution is 2.33. The van der Waals surface area contributed by atoms with E-state index in [0.29, 0.717) is 25.7 Å². The molecule has 19 heteroatoms. The lowest BCUT2D eigenvalue weighted by molar-refractivity contribution is -0.379. The van der Waals surface area contributed by atoms with Gasteiger partial charge in [0.2, 0.25) is 5.91 Å². The van der Waals surface area contributed by atoms with Gasteiger partial charge in [-0.05, 0) is 51.4 Å². The number of carbonyl (C=O) groups excluding carboxylic acids is 1. The van der Waals surface area contributed by atoms with Gasteiger partial charge in [-0.1, -0.05) is 177 Å². The van der Waals surface area contributed by atoms with E-state index in [4.69, 9.17) is 28.4 Å². The maximum Gasteiger partial charge on any atom is 0.220 e. The second-order valence-corrected chi connectivity index (χ2v) is 21.1. The normalized spacial score (nSPS) is 30.9. The number of aliphatic hydroxyl groups is 11. The van der Waals surface area contributed by atoms with E-state index in [1.807, 2.05) is 6.08 Å². The molecule has 0 radical (unpaired) electrons. The van der Waals surface area contributed by atoms with Crippen LogP contribution in [-0.4, -0.2) is 193 Å². The molecule has 0 aromatic rings. The molecule has 17 unspecified atom stereocenters. The van der Waals surface area contributed by atoms with E-state index in [9.17, 15) is 61.0 Å². The van der Waals surface area contributed by atoms with E-state index >= 15 is 0 Å². The van der Waals surface area contributed by atoms with Crippen molar-refractivity contribution in [1.82, 2.24) is 5.32 Å². The Labute approximate surface area is 465 Å². The number of ether oxygens (including phenoxy) is 6. The van der Waals surface area contributed by atoms with Gasteiger partial charge in [0.15, 0.2) is 18.9 Å². The molecule has 0 spiro atoms. The zero-order valence-corrected chi connectivity index (χ0v) is 46.9. The first-order chi connectivity index (χ1) is 37.8. The molecule has 3 aliphatic heterocycles. The minimum Gasteiger partial charge on any atom is -0.394 e. The predicted octanol–water partition coefficient (Wildman–Crippen LogP) is 4.87. The second-order valence-electron chi connectivity index (χ2n) is 21.1. The summed E-state index contributed by atoms with van der Waals surface area (Å²) in [5, 5.41) is 120. The van der Waals surface area contributed by atoms with Crippen molar-refractivity contribution in [3.05, 3.63) is 60.8 Å². The van der Waals surface area contributed by atoms with Crippen LogP contribution in [0, 0.1) is 0 Å². The molecule has 3 fully saturated rings. The first kappa shape index (κ1) is 69.8. The molecule has 0 saturated carbocycles. The number of hydrogen-bond acceptors (Lipinski definition) is 18. The van der Waals surface area contributed by atoms with Crippen LogP contribution >= 0.6 is 0 Å². The van der Waals surface area contributed by atoms with E-state index in [1.165, 1.54) is 77.0 Å². The molecule has 0 aromatic carbocycles. The zero-order valence-electron chi connectivity index (χ0n) is 46.9. The molecule has 3 saturated heterocycles. The molecule has 12 N–H and O–H groups in total. The fourth-order valence-electron chi connectivity index (χ4n) is 9.76. The second kappa shape index (κ2) is 42.3. The highest BCUT2D eigenvalue weighted by molar-refractivity contribution is 5.76. The van der Waals surface area contributed by atoms with Crippen molar-refractivity contribution < 1.29 is 89.4 Å². The van der Waals surface area contributed by atoms with Crippen molar-refractivity contribution >= 4 is 5.91 Å². The highest BCUT2D eigenvalue weighted by atomic mass is 16.8. The van der Waals surface area contributed by atoms with Gasteiger partial charge in [-0.2, -0.15) is 0 Å². The maximum absolute atomic E-state index is 13.3. The van der Waals surface area contributed by atoms with Crippen LogP contribution in [0.4, 0.5) is 0 Å². The van der Waals surface area contributed by atoms with Gasteiger partial charge in [0.05, 0.1) is 38.6 Å². The third kappa shape index (κ3) is 26.2. The Morgan fingerprint density at radius 3 is 1.33 bits per heavy atom. The number of rotatable bonds is 42. The molecule has 1 amide bonds. The molecule has 0 bridgehead atoms. The van der Waals surface area contributed by atoms with Crippen LogP contribution in [0.5, 0.6) is 0 Å². The monoisotopic (exact) mass is 1110 g/mol. The molecule has 19 nitrogen and oxygen atoms in total. The van der Waals surface area contributed by atoms with Gasteiger partial charge in [0.1, 0.15) is 73.2 Å². The van der Waals surface area contributed by atoms with Gasteiger partial charge in [-0.15, -0.1) is 0 Å². The van der Waals surface area contributed by atoms with E-state index < -0.39 is 124 Å². The number of allylic oxidation sites excluding steroid dienone is 10. The van der Waals surface area contributed by atoms with Crippen LogP contribution in [0.3, 0.4) is 0 Å². The fraction of sp³-hybridized carbons (Fsp3) is 0.814. The van der Waals surface area contributed by atoms with Gasteiger partial charge >= 0.3 is 0 Å². The maximum atomic E-state index is 13.3. The van der Waals surface area contributed by atoms with E-state index in [0.717, 1.165) is 51.4 Å². The van der Waals surface area contributed by atoms with Gasteiger partial charge in [0.25, 0.3) is 0 Å². The highest BCUT2D eigenvalue weighted by Gasteiger charge is 2.53. The minimum atomic E-state index is -1.98. The largest absolute Gasteiger partial charge is 0.394 e. The van der Waals surface area contributed by atoms with Crippen molar-refractivity contribution in [3.63, 3.8) is 0 Å². The van der Waals surface area contributed by atoms with Gasteiger partial charge in [0, 0.05) is 6.42 Å². The van der Waals surface area contributed by atoms with E-state index in [2.05, 4.69) is 73.8 Å². The summed E-state index contributed by atoms with van der Waals surface area (Å²) in [5.74, 6) is -0.302. The Morgan fingerprint density at radius 2 is 0.872 bits per heavy atom. The van der Waals surface area contributed by atoms with Gasteiger partial charge in [-0.25, -0.2) is 0 Å². The van der Waals surface area contributed by atoms with Crippen LogP contribution in [-0.2, 0) is 33.2 Å². The zero-order chi connectivity index (χ0) is 56.9. The fourth-order valence-corrected chi connectivity index (χ4v) is 9.76. The molecule has 0 aromatic heterocycles. The van der Waals surface area contributed by atoms with Crippen LogP contribution in [0.1, 0.15) is 174 Å². The Hall–Kier alpha value is -2.51. The van der Waals surface area contributed by atoms with Crippen LogP contribution in [0.15, 0.2) is 60.8 Å². The molecule has 78 heavy (non-hydrogen) atoms. The van der Waals surface area contributed by atoms with Crippen LogP contribution in [0.25, 0.3) is 0 Å². The molecule has 452 valence electrons. The summed E-state index contributed by atoms with van der Waals surface area (Å²) in [6.45, 7) is 1.61. The quantitative estimate of drug-likeness (QED) is 0.0287. The molecule has 17 atom stereocenters. The lowest BCUT2D eigenvalue weighted by atomic mass is 9.96. The van der Waals surface area contributed by atoms with Crippen molar-refractivity contribution in [3.8, 4) is 0 Å². The number of carbonyl (C=O) groups is 1. The van der Waals surface area contributed by atoms with Crippen molar-refractivity contribution in [2.75, 3.05) is 26.4 Å². The minimum absolute atomic E-state index is 0.186. The summed E-state index contributed by atoms with van der Waals surface area (Å²) in [5.41, 5.74) is 0. The number of aliphatic hydroxyl groups excluding tert-OH is 11. The molecule has 3 aliphatic rings. The lowest BCUT2D eigenvalue weighted by Gasteiger charge is -2.48. The number of nitrogens with one attached hydrogen (secondary N) is 1. The van der Waals surface area contributed by atoms with E-state index in [1.54, 1.807) is 0 Å². The number of hydrogen-bond donors (Lipinski definition) is 12. The Morgan fingerprint density at radius 1 is 0.474 bits per heavy atom. The van der Waals surface area contributed by atoms with Gasteiger partial charge < -0.3 is 89.9 Å². The smallest absolute Gasteiger partial charge is 0.220 e. The summed E-state index contributed by atoms with van der Waals surface area (Å²) in [7, 11) is 0. The molecular weight excluding hydrogens is 1010 g/mol. The molecule has 0 aliphatic carbocycles. The standard InChI is InChI=1S/C59H103NO18/c1-3-5-7-9-11-13-15-17-19-21-23-25-27-29-31-33-35-37-47(65)60-42(43(64)36-34-32-30-28-26-24-22-20-18-16-14-12-10-8-6-4-2)41-73-57-53(71)50(68)55(45(39-62)75-57)78-59-54(72)51(69)56(46(40-63)76-59)77-58-52(70)49(67)48(66)44(38-61)74-58/h5,7,11,13,17,19,23,25,29,31,42-46,48-59,61-64,66-72H,3-4,6,8-10,12,14-16,18,20-22,24,26-28,30,32-41H2,1-2H3,(H,60,65)/b7-5-,13-11-,19-17-,25-23-,31-29-. The molecule has 3 heterocycles. The van der Waals surface area contributed by atoms with Crippen molar-refractivity contribution in [1.29, 1.82) is 0 Å². The number of amides is 1. The summed E-state index contributed by atoms with van der Waals surface area (Å²) in [6.07, 6.45) is 20.2. The van der Waals surface area contributed by atoms with Crippen molar-refractivity contribution in [2.24, 2.45) is 0 Å². The molecular formula is C59H103NO18. The third-order valence-electron chi connectivity index (χ3n) is 14.6. The topological polar surface area (TPSA) is 307 Å². The lowest BCUT2D eigenvalue weighted by Crippen LogP contribution is -2.66. The van der Waals surface area contributed by atoms with Crippen LogP contribution < -0.4 is 5.32 Å².